The first-order chi connectivity index (χ1) is 12.6. The van der Waals surface area contributed by atoms with Crippen LogP contribution >= 0.6 is 0 Å². The van der Waals surface area contributed by atoms with Gasteiger partial charge >= 0.3 is 0 Å². The third-order valence-corrected chi connectivity index (χ3v) is 6.57. The van der Waals surface area contributed by atoms with Crippen molar-refractivity contribution in [2.75, 3.05) is 21.2 Å². The summed E-state index contributed by atoms with van der Waals surface area (Å²) in [6, 6.07) is 21.9. The third-order valence-electron chi connectivity index (χ3n) is 6.57. The second kappa shape index (κ2) is 6.88. The lowest BCUT2D eigenvalue weighted by Crippen LogP contribution is -2.59. The van der Waals surface area contributed by atoms with Gasteiger partial charge in [0.15, 0.2) is 0 Å². The Morgan fingerprint density at radius 1 is 0.885 bits per heavy atom. The van der Waals surface area contributed by atoms with Crippen molar-refractivity contribution in [3.63, 3.8) is 0 Å². The van der Waals surface area contributed by atoms with Crippen molar-refractivity contribution in [2.45, 2.75) is 36.6 Å². The van der Waals surface area contributed by atoms with Gasteiger partial charge in [-0.15, -0.1) is 0 Å². The lowest BCUT2D eigenvalue weighted by atomic mass is 9.52. The maximum Gasteiger partial charge on any atom is 0.106 e. The summed E-state index contributed by atoms with van der Waals surface area (Å²) in [5.74, 6) is 1.35. The van der Waals surface area contributed by atoms with Crippen LogP contribution in [0.4, 0.5) is 0 Å². The van der Waals surface area contributed by atoms with Crippen molar-refractivity contribution in [3.05, 3.63) is 71.8 Å². The molecule has 3 fully saturated rings. The molecule has 2 bridgehead atoms. The van der Waals surface area contributed by atoms with Crippen LogP contribution in [0.15, 0.2) is 65.8 Å². The predicted octanol–water partition coefficient (Wildman–Crippen LogP) is 4.67. The Balaban J connectivity index is 1.85. The van der Waals surface area contributed by atoms with E-state index in [1.165, 1.54) is 29.7 Å². The first-order valence-corrected chi connectivity index (χ1v) is 9.52. The van der Waals surface area contributed by atoms with Crippen molar-refractivity contribution in [2.24, 2.45) is 11.1 Å². The van der Waals surface area contributed by atoms with Crippen LogP contribution in [0.25, 0.3) is 0 Å². The minimum atomic E-state index is 0.132. The molecule has 0 spiro atoms. The molecule has 0 N–H and O–H groups in total. The number of hydrogen-bond acceptors (Lipinski definition) is 3. The second-order valence-corrected chi connectivity index (χ2v) is 8.03. The van der Waals surface area contributed by atoms with Crippen molar-refractivity contribution in [1.29, 1.82) is 0 Å². The van der Waals surface area contributed by atoms with Crippen LogP contribution in [0.2, 0.25) is 0 Å². The average Bonchev–Trinajstić information content (AvgIpc) is 2.69. The average molecular weight is 348 g/mol. The Kier molecular flexibility index (Phi) is 4.58. The molecule has 0 saturated heterocycles. The van der Waals surface area contributed by atoms with Crippen LogP contribution in [0.5, 0.6) is 0 Å². The molecule has 2 aromatic rings. The first-order valence-electron chi connectivity index (χ1n) is 9.52. The maximum atomic E-state index is 5.30. The fourth-order valence-electron chi connectivity index (χ4n) is 5.28. The summed E-state index contributed by atoms with van der Waals surface area (Å²) >= 11 is 0. The zero-order valence-electron chi connectivity index (χ0n) is 15.9. The quantitative estimate of drug-likeness (QED) is 0.750. The normalized spacial score (nSPS) is 32.2. The number of benzene rings is 2. The fraction of sp³-hybridized carbons (Fsp3) is 0.435. The monoisotopic (exact) mass is 348 g/mol. The molecule has 136 valence electrons. The van der Waals surface area contributed by atoms with E-state index >= 15 is 0 Å². The zero-order valence-corrected chi connectivity index (χ0v) is 15.9. The maximum absolute atomic E-state index is 5.30. The van der Waals surface area contributed by atoms with Gasteiger partial charge in [0.25, 0.3) is 0 Å². The van der Waals surface area contributed by atoms with Gasteiger partial charge in [-0.2, -0.15) is 0 Å². The highest BCUT2D eigenvalue weighted by Crippen LogP contribution is 2.58. The Morgan fingerprint density at radius 2 is 1.38 bits per heavy atom. The van der Waals surface area contributed by atoms with Gasteiger partial charge in [0.05, 0.1) is 5.71 Å². The molecular formula is C23H28N2O. The van der Waals surface area contributed by atoms with E-state index in [0.29, 0.717) is 17.8 Å². The van der Waals surface area contributed by atoms with Crippen molar-refractivity contribution >= 4 is 5.71 Å². The molecule has 0 radical (unpaired) electrons. The van der Waals surface area contributed by atoms with E-state index in [1.807, 2.05) is 0 Å². The van der Waals surface area contributed by atoms with E-state index in [-0.39, 0.29) is 5.54 Å². The molecule has 3 nitrogen and oxygen atoms in total. The van der Waals surface area contributed by atoms with Gasteiger partial charge in [-0.3, -0.25) is 0 Å². The SMILES string of the molecule is CO/N=C1\CC2(N(C)C)C[C@@H](c3ccccc3)C1[C@H](c1ccccc1)C2. The van der Waals surface area contributed by atoms with Crippen molar-refractivity contribution in [1.82, 2.24) is 4.90 Å². The zero-order chi connectivity index (χ0) is 18.1. The van der Waals surface area contributed by atoms with Crippen LogP contribution in [0.1, 0.15) is 42.2 Å². The molecule has 5 rings (SSSR count). The minimum Gasteiger partial charge on any atom is -0.399 e. The standard InChI is InChI=1S/C23H28N2O/c1-25(2)23-14-19(17-10-6-4-7-11-17)22(21(16-23)24-26-3)20(15-23)18-12-8-5-9-13-18/h4-13,19-20,22H,14-16H2,1-3H3/b24-21+/t19-,20-,22?,23?/m0/s1. The third kappa shape index (κ3) is 2.84. The number of rotatable bonds is 4. The van der Waals surface area contributed by atoms with E-state index in [1.54, 1.807) is 7.11 Å². The van der Waals surface area contributed by atoms with Gasteiger partial charge in [0, 0.05) is 17.9 Å². The molecule has 3 aliphatic carbocycles. The largest absolute Gasteiger partial charge is 0.399 e. The van der Waals surface area contributed by atoms with Gasteiger partial charge in [-0.25, -0.2) is 0 Å². The molecule has 0 aromatic heterocycles. The van der Waals surface area contributed by atoms with E-state index in [4.69, 9.17) is 4.84 Å². The number of nitrogens with zero attached hydrogens (tertiary/aromatic N) is 2. The second-order valence-electron chi connectivity index (χ2n) is 8.03. The van der Waals surface area contributed by atoms with E-state index in [9.17, 15) is 0 Å². The molecule has 0 amide bonds. The lowest BCUT2D eigenvalue weighted by molar-refractivity contribution is 0.0450. The summed E-state index contributed by atoms with van der Waals surface area (Å²) in [7, 11) is 6.12. The van der Waals surface area contributed by atoms with Gasteiger partial charge in [0.2, 0.25) is 0 Å². The Labute approximate surface area is 156 Å². The van der Waals surface area contributed by atoms with Gasteiger partial charge < -0.3 is 9.74 Å². The van der Waals surface area contributed by atoms with Crippen LogP contribution in [0, 0.1) is 5.92 Å². The predicted molar refractivity (Wildman–Crippen MR) is 107 cm³/mol. The molecule has 3 saturated carbocycles. The molecule has 3 heteroatoms. The topological polar surface area (TPSA) is 24.8 Å². The van der Waals surface area contributed by atoms with Crippen molar-refractivity contribution < 1.29 is 4.84 Å². The highest BCUT2D eigenvalue weighted by molar-refractivity contribution is 5.91. The summed E-state index contributed by atoms with van der Waals surface area (Å²) in [4.78, 5) is 7.73. The smallest absolute Gasteiger partial charge is 0.106 e. The van der Waals surface area contributed by atoms with Gasteiger partial charge in [0.1, 0.15) is 7.11 Å². The fourth-order valence-corrected chi connectivity index (χ4v) is 5.28. The number of fused-ring (bicyclic) bond motifs is 3. The summed E-state index contributed by atoms with van der Waals surface area (Å²) in [6.45, 7) is 0. The molecule has 3 aliphatic rings. The van der Waals surface area contributed by atoms with E-state index in [2.05, 4.69) is 84.8 Å². The summed E-state index contributed by atoms with van der Waals surface area (Å²) in [5.41, 5.74) is 4.20. The number of oxime groups is 1. The summed E-state index contributed by atoms with van der Waals surface area (Å²) < 4.78 is 0. The minimum absolute atomic E-state index is 0.132. The molecule has 0 unspecified atom stereocenters. The molecule has 2 atom stereocenters. The van der Waals surface area contributed by atoms with Crippen molar-refractivity contribution in [3.8, 4) is 0 Å². The summed E-state index contributed by atoms with van der Waals surface area (Å²) in [5, 5.41) is 4.54. The first kappa shape index (κ1) is 17.3. The highest BCUT2D eigenvalue weighted by Gasteiger charge is 2.55. The molecule has 0 aliphatic heterocycles. The number of hydrogen-bond donors (Lipinski definition) is 0. The van der Waals surface area contributed by atoms with E-state index < -0.39 is 0 Å². The highest BCUT2D eigenvalue weighted by atomic mass is 16.6. The lowest BCUT2D eigenvalue weighted by Gasteiger charge is -2.58. The Hall–Kier alpha value is -2.13. The van der Waals surface area contributed by atoms with Gasteiger partial charge in [-0.05, 0) is 49.9 Å². The van der Waals surface area contributed by atoms with Crippen LogP contribution in [-0.2, 0) is 4.84 Å². The molecular weight excluding hydrogens is 320 g/mol. The van der Waals surface area contributed by atoms with E-state index in [0.717, 1.165) is 6.42 Å². The van der Waals surface area contributed by atoms with Crippen LogP contribution < -0.4 is 0 Å². The van der Waals surface area contributed by atoms with Crippen LogP contribution in [0.3, 0.4) is 0 Å². The molecule has 2 aromatic carbocycles. The molecule has 0 heterocycles. The van der Waals surface area contributed by atoms with Gasteiger partial charge in [-0.1, -0.05) is 65.8 Å². The Bertz CT molecular complexity index is 720. The van der Waals surface area contributed by atoms with Crippen LogP contribution in [-0.4, -0.2) is 37.4 Å². The summed E-state index contributed by atoms with van der Waals surface area (Å²) in [6.07, 6.45) is 3.37. The Morgan fingerprint density at radius 3 is 1.81 bits per heavy atom. The molecule has 26 heavy (non-hydrogen) atoms.